The Morgan fingerprint density at radius 3 is 2.60 bits per heavy atom. The summed E-state index contributed by atoms with van der Waals surface area (Å²) < 4.78 is 3.05. The van der Waals surface area contributed by atoms with E-state index in [9.17, 15) is 0 Å². The van der Waals surface area contributed by atoms with E-state index >= 15 is 0 Å². The van der Waals surface area contributed by atoms with E-state index in [2.05, 4.69) is 8.11 Å². The predicted octanol–water partition coefficient (Wildman–Crippen LogP) is 0.850. The minimum absolute atomic E-state index is 0. The Balaban J connectivity index is 0.000000810. The molecule has 47 valence electrons. The van der Waals surface area contributed by atoms with Crippen LogP contribution in [0, 0.1) is 0 Å². The molecular weight excluding hydrogens is 532 g/mol. The Morgan fingerprint density at radius 1 is 1.50 bits per heavy atom. The number of pyridine rings is 1. The number of hydrogen-bond acceptors (Lipinski definition) is 2. The maximum Gasteiger partial charge on any atom is 0 e. The van der Waals surface area contributed by atoms with Gasteiger partial charge in [0.05, 0.1) is 0 Å². The molecule has 0 spiro atoms. The first-order valence-electron chi connectivity index (χ1n) is 2.41. The van der Waals surface area contributed by atoms with Gasteiger partial charge in [-0.15, -0.1) is 0 Å². The fraction of sp³-hybridized carbons (Fsp3) is 0. The summed E-state index contributed by atoms with van der Waals surface area (Å²) in [5.41, 5.74) is 0. The summed E-state index contributed by atoms with van der Waals surface area (Å²) in [6, 6.07) is 3.68. The van der Waals surface area contributed by atoms with Gasteiger partial charge in [0.1, 0.15) is 0 Å². The molecule has 10 heavy (non-hydrogen) atoms. The average molecular weight is 536 g/mol. The quantitative estimate of drug-likeness (QED) is 0.539. The zero-order valence-corrected chi connectivity index (χ0v) is 14.9. The Bertz CT molecular complexity index is 189. The van der Waals surface area contributed by atoms with Gasteiger partial charge in [0.25, 0.3) is 0 Å². The molecule has 0 bridgehead atoms. The molecule has 0 aliphatic heterocycles. The van der Waals surface area contributed by atoms with E-state index in [0.29, 0.717) is 5.02 Å². The topological polar surface area (TPSA) is 24.9 Å². The van der Waals surface area contributed by atoms with Crippen molar-refractivity contribution < 1.29 is 0 Å². The van der Waals surface area contributed by atoms with Gasteiger partial charge in [0.2, 0.25) is 0 Å². The van der Waals surface area contributed by atoms with Crippen LogP contribution in [0.1, 0.15) is 0 Å². The van der Waals surface area contributed by atoms with Crippen molar-refractivity contribution in [3.05, 3.63) is 23.4 Å². The maximum absolute atomic E-state index is 5.59. The van der Waals surface area contributed by atoms with Gasteiger partial charge >= 0.3 is 74.9 Å². The number of hydrogen-bond donors (Lipinski definition) is 1. The summed E-state index contributed by atoms with van der Waals surface area (Å²) in [5.74, 6) is 0.907. The van der Waals surface area contributed by atoms with Crippen LogP contribution in [0.25, 0.3) is 0 Å². The number of aromatic nitrogens is 1. The summed E-state index contributed by atoms with van der Waals surface area (Å²) in [4.78, 5) is 4.00. The van der Waals surface area contributed by atoms with Crippen LogP contribution in [0.4, 0.5) is 5.82 Å². The third-order valence-corrected chi connectivity index (χ3v) is 2.25. The van der Waals surface area contributed by atoms with Gasteiger partial charge in [0.15, 0.2) is 0 Å². The summed E-state index contributed by atoms with van der Waals surface area (Å²) in [6.07, 6.45) is 1.63. The van der Waals surface area contributed by atoms with Crippen LogP contribution < -0.4 is 3.13 Å². The first kappa shape index (κ1) is 11.1. The predicted molar refractivity (Wildman–Crippen MR) is 44.4 cm³/mol. The zero-order valence-electron chi connectivity index (χ0n) is 5.21. The van der Waals surface area contributed by atoms with E-state index < -0.39 is 0 Å². The molecule has 0 aliphatic carbocycles. The molecule has 1 N–H and O–H groups in total. The second-order valence-corrected chi connectivity index (χ2v) is 3.06. The SMILES string of the molecule is Clc1ccc([NH][Tl])nc1.[Tl]. The Morgan fingerprint density at radius 2 is 2.20 bits per heavy atom. The number of anilines is 1. The molecule has 2 nitrogen and oxygen atoms in total. The zero-order chi connectivity index (χ0) is 6.69. The van der Waals surface area contributed by atoms with Gasteiger partial charge in [-0.3, -0.25) is 0 Å². The molecule has 0 unspecified atom stereocenters. The first-order valence-corrected chi connectivity index (χ1v) is 5.03. The Hall–Kier alpha value is 1.08. The Labute approximate surface area is 101 Å². The molecule has 1 rings (SSSR count). The second kappa shape index (κ2) is 5.70. The van der Waals surface area contributed by atoms with Crippen LogP contribution in [0.15, 0.2) is 18.3 Å². The van der Waals surface area contributed by atoms with E-state index in [1.807, 2.05) is 12.1 Å². The van der Waals surface area contributed by atoms with Crippen LogP contribution in [-0.4, -0.2) is 58.3 Å². The van der Waals surface area contributed by atoms with Crippen molar-refractivity contribution in [1.29, 1.82) is 0 Å². The molecule has 1 heterocycles. The second-order valence-electron chi connectivity index (χ2n) is 1.51. The minimum atomic E-state index is 0. The monoisotopic (exact) mass is 537 g/mol. The number of nitrogens with one attached hydrogen (secondary N) is 1. The van der Waals surface area contributed by atoms with Crippen LogP contribution in [-0.2, 0) is 0 Å². The van der Waals surface area contributed by atoms with Gasteiger partial charge in [-0.2, -0.15) is 0 Å². The smallest absolute Gasteiger partial charge is 0 e. The summed E-state index contributed by atoms with van der Waals surface area (Å²) in [5, 5.41) is 0.680. The van der Waals surface area contributed by atoms with Crippen LogP contribution in [0.2, 0.25) is 5.02 Å². The van der Waals surface area contributed by atoms with Gasteiger partial charge < -0.3 is 0 Å². The van der Waals surface area contributed by atoms with E-state index in [4.69, 9.17) is 11.6 Å². The van der Waals surface area contributed by atoms with Crippen molar-refractivity contribution in [3.8, 4) is 0 Å². The Kier molecular flexibility index (Phi) is 6.32. The van der Waals surface area contributed by atoms with Gasteiger partial charge in [0, 0.05) is 27.3 Å². The molecule has 5 heteroatoms. The maximum atomic E-state index is 5.59. The van der Waals surface area contributed by atoms with Crippen molar-refractivity contribution in [2.75, 3.05) is 3.13 Å². The fourth-order valence-corrected chi connectivity index (χ4v) is 1.24. The number of nitrogens with zero attached hydrogens (tertiary/aromatic N) is 1. The molecule has 0 aromatic carbocycles. The third-order valence-electron chi connectivity index (χ3n) is 0.875. The summed E-state index contributed by atoms with van der Waals surface area (Å²) in [7, 11) is 0. The normalized spacial score (nSPS) is 8.00. The molecule has 0 fully saturated rings. The minimum Gasteiger partial charge on any atom is 0 e. The molecule has 0 saturated heterocycles. The summed E-state index contributed by atoms with van der Waals surface area (Å²) in [6.45, 7) is 0. The van der Waals surface area contributed by atoms with Crippen LogP contribution in [0.5, 0.6) is 0 Å². The molecule has 1 aromatic rings. The fourth-order valence-electron chi connectivity index (χ4n) is 0.461. The number of rotatable bonds is 1. The molecule has 0 saturated carbocycles. The van der Waals surface area contributed by atoms with Crippen LogP contribution in [0.3, 0.4) is 0 Å². The van der Waals surface area contributed by atoms with Crippen molar-refractivity contribution >= 4 is 70.8 Å². The molecular formula is C5H4ClN2Tl2. The van der Waals surface area contributed by atoms with Crippen molar-refractivity contribution in [2.24, 2.45) is 0 Å². The molecule has 0 aliphatic rings. The van der Waals surface area contributed by atoms with Crippen molar-refractivity contribution in [1.82, 2.24) is 4.98 Å². The summed E-state index contributed by atoms with van der Waals surface area (Å²) >= 11 is 6.33. The third kappa shape index (κ3) is 3.47. The molecule has 1 aromatic heterocycles. The van der Waals surface area contributed by atoms with Gasteiger partial charge in [-0.05, 0) is 0 Å². The van der Waals surface area contributed by atoms with E-state index in [1.165, 1.54) is 0 Å². The van der Waals surface area contributed by atoms with Crippen molar-refractivity contribution in [2.45, 2.75) is 0 Å². The molecule has 0 atom stereocenters. The van der Waals surface area contributed by atoms with E-state index in [-0.39, 0.29) is 27.3 Å². The first-order chi connectivity index (χ1) is 4.33. The average Bonchev–Trinajstić information content (AvgIpc) is 1.90. The van der Waals surface area contributed by atoms with Crippen LogP contribution >= 0.6 is 11.6 Å². The number of halogens is 1. The van der Waals surface area contributed by atoms with E-state index in [0.717, 1.165) is 31.9 Å². The van der Waals surface area contributed by atoms with Gasteiger partial charge in [-0.25, -0.2) is 0 Å². The largest absolute Gasteiger partial charge is 0 e. The van der Waals surface area contributed by atoms with Crippen molar-refractivity contribution in [3.63, 3.8) is 0 Å². The standard InChI is InChI=1S/C5H4ClN2.2Tl/c6-4-1-2-5(7)8-3-4;;/h1-3H,(H-,7,8);;/q-1;;+1. The van der Waals surface area contributed by atoms with E-state index in [1.54, 1.807) is 6.20 Å². The molecule has 0 amide bonds. The van der Waals surface area contributed by atoms with Gasteiger partial charge in [-0.1, -0.05) is 0 Å². The molecule has 1 radical (unpaired) electrons.